The van der Waals surface area contributed by atoms with Crippen LogP contribution in [0.3, 0.4) is 0 Å². The predicted molar refractivity (Wildman–Crippen MR) is 119 cm³/mol. The van der Waals surface area contributed by atoms with Gasteiger partial charge in [-0.1, -0.05) is 57.2 Å². The van der Waals surface area contributed by atoms with Crippen molar-refractivity contribution in [1.82, 2.24) is 0 Å². The van der Waals surface area contributed by atoms with Crippen molar-refractivity contribution in [3.63, 3.8) is 0 Å². The minimum Gasteiger partial charge on any atom is -0.345 e. The van der Waals surface area contributed by atoms with E-state index < -0.39 is 0 Å². The van der Waals surface area contributed by atoms with Crippen LogP contribution in [0.25, 0.3) is 0 Å². The van der Waals surface area contributed by atoms with E-state index in [9.17, 15) is 0 Å². The molecule has 2 heterocycles. The van der Waals surface area contributed by atoms with E-state index in [1.165, 1.54) is 44.7 Å². The number of para-hydroxylation sites is 1. The number of hydrogen-bond donors (Lipinski definition) is 0. The van der Waals surface area contributed by atoms with Gasteiger partial charge in [0.15, 0.2) is 0 Å². The fourth-order valence-corrected chi connectivity index (χ4v) is 4.74. The van der Waals surface area contributed by atoms with Gasteiger partial charge in [0.2, 0.25) is 0 Å². The van der Waals surface area contributed by atoms with Crippen LogP contribution in [0.1, 0.15) is 26.3 Å². The second-order valence-corrected chi connectivity index (χ2v) is 8.84. The lowest BCUT2D eigenvalue weighted by Gasteiger charge is -2.42. The molecule has 3 heteroatoms. The molecule has 0 atom stereocenters. The molecule has 0 bridgehead atoms. The fourth-order valence-electron chi connectivity index (χ4n) is 4.74. The smallest absolute Gasteiger partial charge is 0.252 e. The van der Waals surface area contributed by atoms with Crippen LogP contribution in [0.15, 0.2) is 60.7 Å². The highest BCUT2D eigenvalue weighted by Crippen LogP contribution is 2.36. The molecule has 2 aliphatic heterocycles. The van der Waals surface area contributed by atoms with Crippen molar-refractivity contribution in [3.05, 3.63) is 66.2 Å². The third-order valence-corrected chi connectivity index (χ3v) is 6.25. The number of nitrogens with zero attached hydrogens (tertiary/aromatic N) is 2. The van der Waals surface area contributed by atoms with Gasteiger partial charge < -0.3 is 9.80 Å². The van der Waals surface area contributed by atoms with Crippen molar-refractivity contribution in [2.24, 2.45) is 0 Å². The molecule has 0 N–H and O–H groups in total. The number of benzene rings is 3. The molecular weight excluding hydrogens is 327 g/mol. The maximum absolute atomic E-state index is 2.39. The van der Waals surface area contributed by atoms with E-state index in [2.05, 4.69) is 105 Å². The summed E-state index contributed by atoms with van der Waals surface area (Å²) in [6.07, 6.45) is 0. The lowest BCUT2D eigenvalue weighted by Crippen LogP contribution is -2.61. The van der Waals surface area contributed by atoms with Crippen LogP contribution in [0.5, 0.6) is 0 Å². The zero-order chi connectivity index (χ0) is 18.9. The standard InChI is InChI=1S/C24H25BN2/c1-24(2,3)16-13-14-18-22(15-16)27(5)21-12-8-11-20-23(21)25(18)17-9-6-7-10-19(17)26(20)4/h6-15H,1-5H3. The number of hydrogen-bond acceptors (Lipinski definition) is 2. The van der Waals surface area contributed by atoms with Crippen LogP contribution in [0, 0.1) is 0 Å². The van der Waals surface area contributed by atoms with Crippen LogP contribution in [-0.2, 0) is 5.41 Å². The predicted octanol–water partition coefficient (Wildman–Crippen LogP) is 3.66. The summed E-state index contributed by atoms with van der Waals surface area (Å²) in [4.78, 5) is 4.72. The molecule has 0 saturated heterocycles. The molecule has 0 unspecified atom stereocenters. The van der Waals surface area contributed by atoms with Crippen molar-refractivity contribution in [3.8, 4) is 0 Å². The zero-order valence-corrected chi connectivity index (χ0v) is 16.7. The summed E-state index contributed by atoms with van der Waals surface area (Å²) in [5, 5.41) is 0. The summed E-state index contributed by atoms with van der Waals surface area (Å²) in [7, 11) is 4.39. The van der Waals surface area contributed by atoms with Crippen molar-refractivity contribution in [2.75, 3.05) is 23.9 Å². The van der Waals surface area contributed by atoms with Crippen molar-refractivity contribution < 1.29 is 0 Å². The third kappa shape index (κ3) is 2.21. The average molecular weight is 352 g/mol. The molecule has 5 rings (SSSR count). The Bertz CT molecular complexity index is 1060. The van der Waals surface area contributed by atoms with Crippen LogP contribution >= 0.6 is 0 Å². The van der Waals surface area contributed by atoms with Crippen LogP contribution in [0.4, 0.5) is 22.7 Å². The second kappa shape index (κ2) is 5.42. The summed E-state index contributed by atoms with van der Waals surface area (Å²) in [5.41, 5.74) is 11.0. The van der Waals surface area contributed by atoms with Crippen LogP contribution < -0.4 is 26.2 Å². The fraction of sp³-hybridized carbons (Fsp3) is 0.250. The molecule has 0 aromatic heterocycles. The van der Waals surface area contributed by atoms with E-state index in [0.29, 0.717) is 6.71 Å². The van der Waals surface area contributed by atoms with Crippen molar-refractivity contribution >= 4 is 45.9 Å². The third-order valence-electron chi connectivity index (χ3n) is 6.25. The Kier molecular flexibility index (Phi) is 3.31. The molecule has 3 aromatic rings. The molecule has 0 radical (unpaired) electrons. The van der Waals surface area contributed by atoms with Crippen molar-refractivity contribution in [1.29, 1.82) is 0 Å². The first-order valence-corrected chi connectivity index (χ1v) is 9.71. The van der Waals surface area contributed by atoms with Gasteiger partial charge in [-0.3, -0.25) is 0 Å². The monoisotopic (exact) mass is 352 g/mol. The van der Waals surface area contributed by atoms with E-state index in [1.807, 2.05) is 0 Å². The highest BCUT2D eigenvalue weighted by atomic mass is 15.1. The Labute approximate surface area is 162 Å². The normalized spacial score (nSPS) is 14.6. The molecule has 0 fully saturated rings. The van der Waals surface area contributed by atoms with Gasteiger partial charge in [-0.05, 0) is 51.6 Å². The molecule has 2 nitrogen and oxygen atoms in total. The van der Waals surface area contributed by atoms with Gasteiger partial charge in [0.1, 0.15) is 0 Å². The van der Waals surface area contributed by atoms with Crippen LogP contribution in [-0.4, -0.2) is 20.8 Å². The SMILES string of the molecule is CN1c2ccccc2B2c3ccc(C(C)(C)C)cc3N(C)c3cccc1c32. The molecular formula is C24H25BN2. The summed E-state index contributed by atoms with van der Waals surface area (Å²) in [5.74, 6) is 0. The van der Waals surface area contributed by atoms with Gasteiger partial charge in [0, 0.05) is 36.8 Å². The van der Waals surface area contributed by atoms with Crippen LogP contribution in [0.2, 0.25) is 0 Å². The van der Waals surface area contributed by atoms with Gasteiger partial charge in [-0.25, -0.2) is 0 Å². The van der Waals surface area contributed by atoms with Gasteiger partial charge in [0.05, 0.1) is 0 Å². The molecule has 0 amide bonds. The van der Waals surface area contributed by atoms with Gasteiger partial charge >= 0.3 is 0 Å². The Balaban J connectivity index is 1.83. The Hall–Kier alpha value is -2.68. The first-order valence-electron chi connectivity index (χ1n) is 9.71. The lowest BCUT2D eigenvalue weighted by atomic mass is 9.33. The molecule has 0 aliphatic carbocycles. The van der Waals surface area contributed by atoms with E-state index >= 15 is 0 Å². The molecule has 0 saturated carbocycles. The summed E-state index contributed by atoms with van der Waals surface area (Å²) in [6.45, 7) is 7.15. The summed E-state index contributed by atoms with van der Waals surface area (Å²) < 4.78 is 0. The maximum Gasteiger partial charge on any atom is 0.252 e. The summed E-state index contributed by atoms with van der Waals surface area (Å²) >= 11 is 0. The highest BCUT2D eigenvalue weighted by Gasteiger charge is 2.40. The maximum atomic E-state index is 2.39. The minimum atomic E-state index is 0.142. The quantitative estimate of drug-likeness (QED) is 0.570. The first kappa shape index (κ1) is 16.5. The first-order chi connectivity index (χ1) is 12.9. The molecule has 0 spiro atoms. The van der Waals surface area contributed by atoms with Gasteiger partial charge in [-0.15, -0.1) is 0 Å². The van der Waals surface area contributed by atoms with E-state index in [1.54, 1.807) is 0 Å². The second-order valence-electron chi connectivity index (χ2n) is 8.84. The van der Waals surface area contributed by atoms with E-state index in [0.717, 1.165) is 0 Å². The van der Waals surface area contributed by atoms with Gasteiger partial charge in [-0.2, -0.15) is 0 Å². The number of rotatable bonds is 0. The number of fused-ring (bicyclic) bond motifs is 4. The average Bonchev–Trinajstić information content (AvgIpc) is 2.66. The Morgan fingerprint density at radius 1 is 0.667 bits per heavy atom. The molecule has 2 aliphatic rings. The van der Waals surface area contributed by atoms with Crippen molar-refractivity contribution in [2.45, 2.75) is 26.2 Å². The summed E-state index contributed by atoms with van der Waals surface area (Å²) in [6, 6.07) is 22.6. The topological polar surface area (TPSA) is 6.48 Å². The molecule has 3 aromatic carbocycles. The van der Waals surface area contributed by atoms with E-state index in [-0.39, 0.29) is 5.41 Å². The van der Waals surface area contributed by atoms with Gasteiger partial charge in [0.25, 0.3) is 6.71 Å². The molecule has 134 valence electrons. The Morgan fingerprint density at radius 3 is 1.96 bits per heavy atom. The number of anilines is 4. The highest BCUT2D eigenvalue weighted by molar-refractivity contribution is 7.00. The van der Waals surface area contributed by atoms with E-state index in [4.69, 9.17) is 0 Å². The largest absolute Gasteiger partial charge is 0.345 e. The molecule has 27 heavy (non-hydrogen) atoms. The zero-order valence-electron chi connectivity index (χ0n) is 16.7. The minimum absolute atomic E-state index is 0.142. The lowest BCUT2D eigenvalue weighted by molar-refractivity contribution is 0.590. The Morgan fingerprint density at radius 2 is 1.26 bits per heavy atom.